The minimum Gasteiger partial charge on any atom is -0.488 e. The van der Waals surface area contributed by atoms with Gasteiger partial charge in [-0.05, 0) is 52.2 Å². The average molecular weight is 321 g/mol. The van der Waals surface area contributed by atoms with Gasteiger partial charge in [-0.15, -0.1) is 0 Å². The molecule has 0 radical (unpaired) electrons. The standard InChI is InChI=1S/C15H17BrN2O/c1-2-8-17-15-10-12(7-9-18-15)11-19-14-6-4-3-5-13(14)16/h3-7,9-10H,2,8,11H2,1H3,(H,17,18). The van der Waals surface area contributed by atoms with E-state index in [0.29, 0.717) is 6.61 Å². The maximum absolute atomic E-state index is 5.78. The van der Waals surface area contributed by atoms with Gasteiger partial charge in [0.05, 0.1) is 4.47 Å². The highest BCUT2D eigenvalue weighted by molar-refractivity contribution is 9.10. The second-order valence-corrected chi connectivity index (χ2v) is 5.05. The van der Waals surface area contributed by atoms with Gasteiger partial charge in [-0.3, -0.25) is 0 Å². The SMILES string of the molecule is CCCNc1cc(COc2ccccc2Br)ccn1. The third-order valence-electron chi connectivity index (χ3n) is 2.61. The number of hydrogen-bond donors (Lipinski definition) is 1. The van der Waals surface area contributed by atoms with Crippen LogP contribution in [0.1, 0.15) is 18.9 Å². The summed E-state index contributed by atoms with van der Waals surface area (Å²) < 4.78 is 6.75. The van der Waals surface area contributed by atoms with Crippen molar-refractivity contribution in [2.24, 2.45) is 0 Å². The first-order chi connectivity index (χ1) is 9.29. The monoisotopic (exact) mass is 320 g/mol. The predicted octanol–water partition coefficient (Wildman–Crippen LogP) is 4.25. The summed E-state index contributed by atoms with van der Waals surface area (Å²) in [7, 11) is 0. The van der Waals surface area contributed by atoms with Crippen molar-refractivity contribution in [1.29, 1.82) is 0 Å². The highest BCUT2D eigenvalue weighted by atomic mass is 79.9. The first-order valence-corrected chi connectivity index (χ1v) is 7.15. The maximum atomic E-state index is 5.78. The van der Waals surface area contributed by atoms with Crippen LogP contribution in [-0.2, 0) is 6.61 Å². The molecule has 1 aromatic heterocycles. The van der Waals surface area contributed by atoms with E-state index >= 15 is 0 Å². The number of ether oxygens (including phenoxy) is 1. The third kappa shape index (κ3) is 4.24. The maximum Gasteiger partial charge on any atom is 0.133 e. The zero-order valence-corrected chi connectivity index (χ0v) is 12.5. The molecule has 2 aromatic rings. The summed E-state index contributed by atoms with van der Waals surface area (Å²) in [5.74, 6) is 1.75. The summed E-state index contributed by atoms with van der Waals surface area (Å²) in [6, 6.07) is 11.8. The molecule has 1 aromatic carbocycles. The molecule has 100 valence electrons. The first kappa shape index (κ1) is 13.9. The van der Waals surface area contributed by atoms with Gasteiger partial charge in [0.2, 0.25) is 0 Å². The van der Waals surface area contributed by atoms with Crippen LogP contribution in [0.5, 0.6) is 5.75 Å². The van der Waals surface area contributed by atoms with Crippen LogP contribution in [0.3, 0.4) is 0 Å². The van der Waals surface area contributed by atoms with Crippen molar-refractivity contribution in [2.75, 3.05) is 11.9 Å². The minimum atomic E-state index is 0.534. The fourth-order valence-corrected chi connectivity index (χ4v) is 2.04. The number of nitrogens with zero attached hydrogens (tertiary/aromatic N) is 1. The van der Waals surface area contributed by atoms with Crippen molar-refractivity contribution in [3.05, 3.63) is 52.6 Å². The quantitative estimate of drug-likeness (QED) is 0.864. The summed E-state index contributed by atoms with van der Waals surface area (Å²) in [6.07, 6.45) is 2.89. The second kappa shape index (κ2) is 7.14. The molecule has 19 heavy (non-hydrogen) atoms. The highest BCUT2D eigenvalue weighted by Gasteiger charge is 2.01. The van der Waals surface area contributed by atoms with Crippen molar-refractivity contribution in [1.82, 2.24) is 4.98 Å². The average Bonchev–Trinajstić information content (AvgIpc) is 2.45. The van der Waals surface area contributed by atoms with Gasteiger partial charge in [-0.2, -0.15) is 0 Å². The normalized spacial score (nSPS) is 10.2. The number of para-hydroxylation sites is 1. The van der Waals surface area contributed by atoms with Crippen LogP contribution in [0.2, 0.25) is 0 Å². The number of hydrogen-bond acceptors (Lipinski definition) is 3. The molecule has 0 saturated carbocycles. The van der Waals surface area contributed by atoms with E-state index in [2.05, 4.69) is 33.2 Å². The van der Waals surface area contributed by atoms with E-state index in [1.807, 2.05) is 36.4 Å². The Labute approximate surface area is 122 Å². The van der Waals surface area contributed by atoms with Crippen LogP contribution in [0.4, 0.5) is 5.82 Å². The lowest BCUT2D eigenvalue weighted by molar-refractivity contribution is 0.304. The molecule has 0 amide bonds. The Morgan fingerprint density at radius 3 is 2.89 bits per heavy atom. The second-order valence-electron chi connectivity index (χ2n) is 4.20. The van der Waals surface area contributed by atoms with E-state index in [1.54, 1.807) is 6.20 Å². The third-order valence-corrected chi connectivity index (χ3v) is 3.27. The van der Waals surface area contributed by atoms with Crippen LogP contribution in [0, 0.1) is 0 Å². The minimum absolute atomic E-state index is 0.534. The van der Waals surface area contributed by atoms with Crippen LogP contribution in [0.15, 0.2) is 47.1 Å². The van der Waals surface area contributed by atoms with Crippen molar-refractivity contribution in [3.8, 4) is 5.75 Å². The van der Waals surface area contributed by atoms with Crippen LogP contribution < -0.4 is 10.1 Å². The van der Waals surface area contributed by atoms with Crippen molar-refractivity contribution < 1.29 is 4.74 Å². The number of halogens is 1. The lowest BCUT2D eigenvalue weighted by atomic mass is 10.2. The smallest absolute Gasteiger partial charge is 0.133 e. The Bertz CT molecular complexity index is 531. The van der Waals surface area contributed by atoms with Gasteiger partial charge in [0.1, 0.15) is 18.2 Å². The van der Waals surface area contributed by atoms with Gasteiger partial charge in [0, 0.05) is 12.7 Å². The first-order valence-electron chi connectivity index (χ1n) is 6.35. The van der Waals surface area contributed by atoms with Crippen molar-refractivity contribution >= 4 is 21.7 Å². The molecule has 0 fully saturated rings. The molecule has 0 atom stereocenters. The topological polar surface area (TPSA) is 34.1 Å². The molecule has 2 rings (SSSR count). The number of nitrogens with one attached hydrogen (secondary N) is 1. The molecule has 0 aliphatic rings. The van der Waals surface area contributed by atoms with Gasteiger partial charge in [-0.1, -0.05) is 19.1 Å². The lowest BCUT2D eigenvalue weighted by Crippen LogP contribution is -2.03. The molecule has 1 heterocycles. The number of rotatable bonds is 6. The van der Waals surface area contributed by atoms with Gasteiger partial charge in [0.15, 0.2) is 0 Å². The van der Waals surface area contributed by atoms with Crippen LogP contribution in [0.25, 0.3) is 0 Å². The lowest BCUT2D eigenvalue weighted by Gasteiger charge is -2.09. The summed E-state index contributed by atoms with van der Waals surface area (Å²) in [5, 5.41) is 3.27. The molecule has 0 aliphatic carbocycles. The predicted molar refractivity (Wildman–Crippen MR) is 81.5 cm³/mol. The number of pyridine rings is 1. The van der Waals surface area contributed by atoms with Crippen LogP contribution >= 0.6 is 15.9 Å². The van der Waals surface area contributed by atoms with Crippen LogP contribution in [-0.4, -0.2) is 11.5 Å². The Balaban J connectivity index is 1.98. The molecule has 0 saturated heterocycles. The van der Waals surface area contributed by atoms with Crippen molar-refractivity contribution in [3.63, 3.8) is 0 Å². The zero-order valence-electron chi connectivity index (χ0n) is 10.9. The summed E-state index contributed by atoms with van der Waals surface area (Å²) in [6.45, 7) is 3.60. The van der Waals surface area contributed by atoms with Gasteiger partial charge >= 0.3 is 0 Å². The van der Waals surface area contributed by atoms with Gasteiger partial charge in [0.25, 0.3) is 0 Å². The zero-order chi connectivity index (χ0) is 13.5. The highest BCUT2D eigenvalue weighted by Crippen LogP contribution is 2.24. The van der Waals surface area contributed by atoms with E-state index in [0.717, 1.165) is 34.6 Å². The van der Waals surface area contributed by atoms with Crippen molar-refractivity contribution in [2.45, 2.75) is 20.0 Å². The molecule has 4 heteroatoms. The Morgan fingerprint density at radius 1 is 1.26 bits per heavy atom. The molecule has 0 spiro atoms. The molecule has 0 unspecified atom stereocenters. The largest absolute Gasteiger partial charge is 0.488 e. The molecular weight excluding hydrogens is 304 g/mol. The Hall–Kier alpha value is -1.55. The van der Waals surface area contributed by atoms with E-state index in [9.17, 15) is 0 Å². The Kier molecular flexibility index (Phi) is 5.21. The van der Waals surface area contributed by atoms with Gasteiger partial charge in [-0.25, -0.2) is 4.98 Å². The molecule has 0 aliphatic heterocycles. The molecule has 0 bridgehead atoms. The van der Waals surface area contributed by atoms with E-state index in [-0.39, 0.29) is 0 Å². The molecular formula is C15H17BrN2O. The fourth-order valence-electron chi connectivity index (χ4n) is 1.64. The Morgan fingerprint density at radius 2 is 2.11 bits per heavy atom. The van der Waals surface area contributed by atoms with E-state index in [1.165, 1.54) is 0 Å². The van der Waals surface area contributed by atoms with E-state index in [4.69, 9.17) is 4.74 Å². The fraction of sp³-hybridized carbons (Fsp3) is 0.267. The summed E-state index contributed by atoms with van der Waals surface area (Å²) in [4.78, 5) is 4.27. The number of aromatic nitrogens is 1. The summed E-state index contributed by atoms with van der Waals surface area (Å²) >= 11 is 3.47. The number of anilines is 1. The van der Waals surface area contributed by atoms with Gasteiger partial charge < -0.3 is 10.1 Å². The molecule has 3 nitrogen and oxygen atoms in total. The number of benzene rings is 1. The summed E-state index contributed by atoms with van der Waals surface area (Å²) in [5.41, 5.74) is 1.10. The van der Waals surface area contributed by atoms with E-state index < -0.39 is 0 Å². The molecule has 1 N–H and O–H groups in total.